The molecule has 1 heterocycles. The fourth-order valence-corrected chi connectivity index (χ4v) is 3.78. The van der Waals surface area contributed by atoms with Gasteiger partial charge in [-0.1, -0.05) is 36.4 Å². The zero-order valence-corrected chi connectivity index (χ0v) is 16.2. The summed E-state index contributed by atoms with van der Waals surface area (Å²) in [5.74, 6) is 1.60. The van der Waals surface area contributed by atoms with Crippen LogP contribution in [0.4, 0.5) is 0 Å². The smallest absolute Gasteiger partial charge is 0.251 e. The first-order valence-corrected chi connectivity index (χ1v) is 9.88. The van der Waals surface area contributed by atoms with Crippen LogP contribution in [0.1, 0.15) is 11.3 Å². The molecular weight excluding hydrogens is 356 g/mol. The Morgan fingerprint density at radius 3 is 2.70 bits per heavy atom. The van der Waals surface area contributed by atoms with Gasteiger partial charge in [0, 0.05) is 41.9 Å². The molecule has 0 amide bonds. The van der Waals surface area contributed by atoms with Gasteiger partial charge in [-0.05, 0) is 30.8 Å². The van der Waals surface area contributed by atoms with Gasteiger partial charge >= 0.3 is 0 Å². The standard InChI is InChI=1S/C21H24N4OS/c1-25(10-11-27-19-8-3-2-4-9-19)15-16-6-5-7-17(12-16)21-23-18(14-22)13-20(26)24-21/h2-9,12-13H,10-11,14-15,22H2,1H3,(H,23,24,26). The summed E-state index contributed by atoms with van der Waals surface area (Å²) in [6.45, 7) is 2.07. The van der Waals surface area contributed by atoms with Crippen molar-refractivity contribution < 1.29 is 0 Å². The summed E-state index contributed by atoms with van der Waals surface area (Å²) in [6, 6.07) is 20.0. The van der Waals surface area contributed by atoms with E-state index in [0.29, 0.717) is 11.5 Å². The number of thioether (sulfide) groups is 1. The second-order valence-corrected chi connectivity index (χ2v) is 7.56. The van der Waals surface area contributed by atoms with Gasteiger partial charge in [-0.15, -0.1) is 11.8 Å². The van der Waals surface area contributed by atoms with Gasteiger partial charge < -0.3 is 15.6 Å². The summed E-state index contributed by atoms with van der Waals surface area (Å²) in [5, 5.41) is 0. The second kappa shape index (κ2) is 9.50. The molecule has 0 aliphatic carbocycles. The third-order valence-electron chi connectivity index (χ3n) is 4.14. The van der Waals surface area contributed by atoms with Gasteiger partial charge in [-0.3, -0.25) is 4.79 Å². The van der Waals surface area contributed by atoms with Crippen molar-refractivity contribution in [2.75, 3.05) is 19.3 Å². The van der Waals surface area contributed by atoms with E-state index in [-0.39, 0.29) is 12.1 Å². The molecule has 0 radical (unpaired) electrons. The Balaban J connectivity index is 1.62. The number of aromatic amines is 1. The summed E-state index contributed by atoms with van der Waals surface area (Å²) in [5.41, 5.74) is 8.11. The van der Waals surface area contributed by atoms with Crippen molar-refractivity contribution in [2.45, 2.75) is 18.0 Å². The molecule has 5 nitrogen and oxygen atoms in total. The number of benzene rings is 2. The molecule has 1 aromatic heterocycles. The fourth-order valence-electron chi connectivity index (χ4n) is 2.79. The molecule has 3 rings (SSSR count). The van der Waals surface area contributed by atoms with Crippen LogP contribution in [0.25, 0.3) is 11.4 Å². The van der Waals surface area contributed by atoms with E-state index in [2.05, 4.69) is 58.3 Å². The molecule has 0 fully saturated rings. The molecule has 0 saturated heterocycles. The lowest BCUT2D eigenvalue weighted by Gasteiger charge is -2.17. The molecule has 3 N–H and O–H groups in total. The van der Waals surface area contributed by atoms with E-state index in [9.17, 15) is 4.79 Å². The predicted octanol–water partition coefficient (Wildman–Crippen LogP) is 3.12. The summed E-state index contributed by atoms with van der Waals surface area (Å²) in [7, 11) is 2.12. The van der Waals surface area contributed by atoms with Crippen molar-refractivity contribution in [3.8, 4) is 11.4 Å². The summed E-state index contributed by atoms with van der Waals surface area (Å²) in [4.78, 5) is 22.6. The lowest BCUT2D eigenvalue weighted by molar-refractivity contribution is 0.349. The summed E-state index contributed by atoms with van der Waals surface area (Å²) in [6.07, 6.45) is 0. The van der Waals surface area contributed by atoms with Crippen LogP contribution in [0.2, 0.25) is 0 Å². The highest BCUT2D eigenvalue weighted by molar-refractivity contribution is 7.99. The van der Waals surface area contributed by atoms with Gasteiger partial charge in [0.25, 0.3) is 5.56 Å². The highest BCUT2D eigenvalue weighted by atomic mass is 32.2. The van der Waals surface area contributed by atoms with Crippen LogP contribution < -0.4 is 11.3 Å². The van der Waals surface area contributed by atoms with E-state index < -0.39 is 0 Å². The van der Waals surface area contributed by atoms with E-state index in [1.54, 1.807) is 0 Å². The number of nitrogens with two attached hydrogens (primary N) is 1. The van der Waals surface area contributed by atoms with Crippen LogP contribution in [0.15, 0.2) is 70.4 Å². The van der Waals surface area contributed by atoms with Crippen LogP contribution in [0.5, 0.6) is 0 Å². The van der Waals surface area contributed by atoms with Crippen molar-refractivity contribution in [1.29, 1.82) is 0 Å². The monoisotopic (exact) mass is 380 g/mol. The Morgan fingerprint density at radius 2 is 1.93 bits per heavy atom. The minimum Gasteiger partial charge on any atom is -0.325 e. The lowest BCUT2D eigenvalue weighted by Crippen LogP contribution is -2.20. The van der Waals surface area contributed by atoms with E-state index in [4.69, 9.17) is 5.73 Å². The highest BCUT2D eigenvalue weighted by Gasteiger charge is 2.06. The zero-order valence-electron chi connectivity index (χ0n) is 15.4. The first-order chi connectivity index (χ1) is 13.1. The minimum atomic E-state index is -0.180. The normalized spacial score (nSPS) is 11.1. The molecule has 0 spiro atoms. The number of rotatable bonds is 8. The van der Waals surface area contributed by atoms with Crippen molar-refractivity contribution in [1.82, 2.24) is 14.9 Å². The van der Waals surface area contributed by atoms with E-state index in [1.807, 2.05) is 30.0 Å². The Hall–Kier alpha value is -2.41. The minimum absolute atomic E-state index is 0.180. The predicted molar refractivity (Wildman–Crippen MR) is 112 cm³/mol. The average molecular weight is 381 g/mol. The topological polar surface area (TPSA) is 75.0 Å². The molecule has 140 valence electrons. The second-order valence-electron chi connectivity index (χ2n) is 6.39. The molecule has 0 aliphatic heterocycles. The molecule has 0 unspecified atom stereocenters. The summed E-state index contributed by atoms with van der Waals surface area (Å²) >= 11 is 1.86. The molecule has 3 aromatic rings. The van der Waals surface area contributed by atoms with Gasteiger partial charge in [0.2, 0.25) is 0 Å². The van der Waals surface area contributed by atoms with Crippen molar-refractivity contribution in [3.05, 3.63) is 82.3 Å². The van der Waals surface area contributed by atoms with E-state index >= 15 is 0 Å². The van der Waals surface area contributed by atoms with Crippen molar-refractivity contribution in [3.63, 3.8) is 0 Å². The maximum absolute atomic E-state index is 11.8. The van der Waals surface area contributed by atoms with E-state index in [0.717, 1.165) is 24.4 Å². The Bertz CT molecular complexity index is 927. The van der Waals surface area contributed by atoms with Gasteiger partial charge in [0.05, 0.1) is 5.69 Å². The molecule has 2 aromatic carbocycles. The molecule has 0 aliphatic rings. The van der Waals surface area contributed by atoms with E-state index in [1.165, 1.54) is 16.5 Å². The first kappa shape index (κ1) is 19.4. The van der Waals surface area contributed by atoms with Crippen molar-refractivity contribution >= 4 is 11.8 Å². The maximum atomic E-state index is 11.8. The molecule has 6 heteroatoms. The fraction of sp³-hybridized carbons (Fsp3) is 0.238. The quantitative estimate of drug-likeness (QED) is 0.587. The number of nitrogens with one attached hydrogen (secondary N) is 1. The van der Waals surface area contributed by atoms with Crippen LogP contribution in [0.3, 0.4) is 0 Å². The Labute approximate surface area is 163 Å². The maximum Gasteiger partial charge on any atom is 0.251 e. The number of hydrogen-bond donors (Lipinski definition) is 2. The Kier molecular flexibility index (Phi) is 6.81. The number of hydrogen-bond acceptors (Lipinski definition) is 5. The van der Waals surface area contributed by atoms with Crippen LogP contribution >= 0.6 is 11.8 Å². The largest absolute Gasteiger partial charge is 0.325 e. The number of H-pyrrole nitrogens is 1. The lowest BCUT2D eigenvalue weighted by atomic mass is 10.1. The zero-order chi connectivity index (χ0) is 19.1. The molecule has 0 saturated carbocycles. The van der Waals surface area contributed by atoms with Gasteiger partial charge in [0.15, 0.2) is 0 Å². The van der Waals surface area contributed by atoms with Crippen molar-refractivity contribution in [2.24, 2.45) is 5.73 Å². The van der Waals surface area contributed by atoms with Crippen LogP contribution in [-0.4, -0.2) is 34.2 Å². The molecule has 27 heavy (non-hydrogen) atoms. The molecule has 0 bridgehead atoms. The highest BCUT2D eigenvalue weighted by Crippen LogP contribution is 2.19. The molecule has 0 atom stereocenters. The van der Waals surface area contributed by atoms with Gasteiger partial charge in [-0.2, -0.15) is 0 Å². The molecular formula is C21H24N4OS. The average Bonchev–Trinajstić information content (AvgIpc) is 2.68. The van der Waals surface area contributed by atoms with Crippen LogP contribution in [0, 0.1) is 0 Å². The first-order valence-electron chi connectivity index (χ1n) is 8.90. The van der Waals surface area contributed by atoms with Gasteiger partial charge in [-0.25, -0.2) is 4.98 Å². The van der Waals surface area contributed by atoms with Crippen LogP contribution in [-0.2, 0) is 13.1 Å². The number of nitrogens with zero attached hydrogens (tertiary/aromatic N) is 2. The number of aromatic nitrogens is 2. The SMILES string of the molecule is CN(CCSc1ccccc1)Cc1cccc(-c2nc(CN)cc(=O)[nH]2)c1. The Morgan fingerprint density at radius 1 is 1.11 bits per heavy atom. The van der Waals surface area contributed by atoms with Gasteiger partial charge in [0.1, 0.15) is 5.82 Å². The third kappa shape index (κ3) is 5.79. The third-order valence-corrected chi connectivity index (χ3v) is 5.13. The summed E-state index contributed by atoms with van der Waals surface area (Å²) < 4.78 is 0.